The molecule has 1 amide bonds. The Kier molecular flexibility index (Phi) is 4.70. The molecule has 0 bridgehead atoms. The molecule has 0 atom stereocenters. The molecule has 0 unspecified atom stereocenters. The summed E-state index contributed by atoms with van der Waals surface area (Å²) in [6.45, 7) is 7.39. The lowest BCUT2D eigenvalue weighted by molar-refractivity contribution is 0.0988. The van der Waals surface area contributed by atoms with Gasteiger partial charge in [-0.3, -0.25) is 4.79 Å². The third-order valence-electron chi connectivity index (χ3n) is 5.27. The molecule has 1 fully saturated rings. The van der Waals surface area contributed by atoms with Crippen LogP contribution >= 0.6 is 0 Å². The Labute approximate surface area is 153 Å². The van der Waals surface area contributed by atoms with Gasteiger partial charge in [-0.25, -0.2) is 0 Å². The number of carbonyl (C=O) groups excluding carboxylic acids is 1. The first kappa shape index (κ1) is 17.1. The van der Waals surface area contributed by atoms with Gasteiger partial charge in [0.25, 0.3) is 5.91 Å². The Morgan fingerprint density at radius 1 is 1.19 bits per heavy atom. The maximum absolute atomic E-state index is 12.7. The molecule has 138 valence electrons. The summed E-state index contributed by atoms with van der Waals surface area (Å²) >= 11 is 0. The minimum Gasteiger partial charge on any atom is -0.458 e. The standard InChI is InChI=1S/C20H25N3O3/c1-14-11-16(23-8-6-22(2)7-9-23)3-4-18(14)21-20(24)19-17-5-10-25-12-15(17)13-26-19/h3-4,11,13H,5-10,12H2,1-2H3,(H,21,24). The molecule has 2 aliphatic heterocycles. The summed E-state index contributed by atoms with van der Waals surface area (Å²) in [5.74, 6) is 0.217. The van der Waals surface area contributed by atoms with Gasteiger partial charge in [-0.2, -0.15) is 0 Å². The molecule has 4 rings (SSSR count). The predicted octanol–water partition coefficient (Wildman–Crippen LogP) is 2.66. The van der Waals surface area contributed by atoms with Crippen molar-refractivity contribution in [3.63, 3.8) is 0 Å². The molecule has 26 heavy (non-hydrogen) atoms. The molecule has 0 spiro atoms. The second-order valence-corrected chi connectivity index (χ2v) is 7.11. The second-order valence-electron chi connectivity index (χ2n) is 7.11. The molecule has 2 aliphatic rings. The molecular formula is C20H25N3O3. The predicted molar refractivity (Wildman–Crippen MR) is 101 cm³/mol. The van der Waals surface area contributed by atoms with Crippen LogP contribution in [-0.4, -0.2) is 50.6 Å². The van der Waals surface area contributed by atoms with Crippen LogP contribution < -0.4 is 10.2 Å². The highest BCUT2D eigenvalue weighted by Crippen LogP contribution is 2.26. The topological polar surface area (TPSA) is 58.0 Å². The molecular weight excluding hydrogens is 330 g/mol. The van der Waals surface area contributed by atoms with Gasteiger partial charge in [-0.15, -0.1) is 0 Å². The molecule has 0 saturated carbocycles. The van der Waals surface area contributed by atoms with Crippen LogP contribution in [0.4, 0.5) is 11.4 Å². The van der Waals surface area contributed by atoms with Gasteiger partial charge in [0.1, 0.15) is 0 Å². The van der Waals surface area contributed by atoms with Gasteiger partial charge in [0.2, 0.25) is 0 Å². The molecule has 1 aromatic carbocycles. The largest absolute Gasteiger partial charge is 0.458 e. The van der Waals surface area contributed by atoms with Crippen molar-refractivity contribution in [2.24, 2.45) is 0 Å². The average molecular weight is 355 g/mol. The number of hydrogen-bond acceptors (Lipinski definition) is 5. The summed E-state index contributed by atoms with van der Waals surface area (Å²) in [5, 5.41) is 3.00. The van der Waals surface area contributed by atoms with Gasteiger partial charge in [0, 0.05) is 55.1 Å². The lowest BCUT2D eigenvalue weighted by Crippen LogP contribution is -2.44. The van der Waals surface area contributed by atoms with E-state index in [1.165, 1.54) is 5.69 Å². The number of amides is 1. The van der Waals surface area contributed by atoms with Gasteiger partial charge in [0.15, 0.2) is 5.76 Å². The SMILES string of the molecule is Cc1cc(N2CCN(C)CC2)ccc1NC(=O)c1occ2c1CCOC2. The van der Waals surface area contributed by atoms with Crippen LogP contribution in [0.5, 0.6) is 0 Å². The number of hydrogen-bond donors (Lipinski definition) is 1. The van der Waals surface area contributed by atoms with Crippen LogP contribution in [0.2, 0.25) is 0 Å². The summed E-state index contributed by atoms with van der Waals surface area (Å²) in [6.07, 6.45) is 2.35. The van der Waals surface area contributed by atoms with E-state index in [0.29, 0.717) is 19.0 Å². The van der Waals surface area contributed by atoms with Crippen molar-refractivity contribution in [1.82, 2.24) is 4.90 Å². The molecule has 6 heteroatoms. The van der Waals surface area contributed by atoms with Crippen molar-refractivity contribution < 1.29 is 13.9 Å². The fourth-order valence-corrected chi connectivity index (χ4v) is 3.59. The van der Waals surface area contributed by atoms with E-state index < -0.39 is 0 Å². The van der Waals surface area contributed by atoms with Crippen molar-refractivity contribution in [3.05, 3.63) is 46.9 Å². The van der Waals surface area contributed by atoms with Crippen molar-refractivity contribution in [3.8, 4) is 0 Å². The Hall–Kier alpha value is -2.31. The highest BCUT2D eigenvalue weighted by atomic mass is 16.5. The van der Waals surface area contributed by atoms with E-state index in [0.717, 1.165) is 55.0 Å². The summed E-state index contributed by atoms with van der Waals surface area (Å²) < 4.78 is 10.9. The second kappa shape index (κ2) is 7.13. The third kappa shape index (κ3) is 3.34. The zero-order chi connectivity index (χ0) is 18.1. The fraction of sp³-hybridized carbons (Fsp3) is 0.450. The summed E-state index contributed by atoms with van der Waals surface area (Å²) in [7, 11) is 2.15. The molecule has 0 radical (unpaired) electrons. The van der Waals surface area contributed by atoms with Crippen LogP contribution in [0.15, 0.2) is 28.9 Å². The Morgan fingerprint density at radius 2 is 2.00 bits per heavy atom. The zero-order valence-electron chi connectivity index (χ0n) is 15.4. The van der Waals surface area contributed by atoms with Crippen LogP contribution in [0.25, 0.3) is 0 Å². The van der Waals surface area contributed by atoms with Crippen LogP contribution in [-0.2, 0) is 17.8 Å². The van der Waals surface area contributed by atoms with E-state index in [4.69, 9.17) is 9.15 Å². The number of fused-ring (bicyclic) bond motifs is 1. The minimum atomic E-state index is -0.191. The van der Waals surface area contributed by atoms with Gasteiger partial charge < -0.3 is 24.3 Å². The van der Waals surface area contributed by atoms with Crippen LogP contribution in [0.3, 0.4) is 0 Å². The lowest BCUT2D eigenvalue weighted by Gasteiger charge is -2.34. The zero-order valence-corrected chi connectivity index (χ0v) is 15.4. The number of likely N-dealkylation sites (N-methyl/N-ethyl adjacent to an activating group) is 1. The first-order chi connectivity index (χ1) is 12.6. The molecule has 6 nitrogen and oxygen atoms in total. The first-order valence-corrected chi connectivity index (χ1v) is 9.14. The number of ether oxygens (including phenoxy) is 1. The highest BCUT2D eigenvalue weighted by Gasteiger charge is 2.23. The van der Waals surface area contributed by atoms with E-state index in [9.17, 15) is 4.79 Å². The number of anilines is 2. The van der Waals surface area contributed by atoms with Crippen molar-refractivity contribution in [2.45, 2.75) is 20.0 Å². The molecule has 1 aromatic heterocycles. The van der Waals surface area contributed by atoms with Gasteiger partial charge in [-0.05, 0) is 37.7 Å². The maximum atomic E-state index is 12.7. The highest BCUT2D eigenvalue weighted by molar-refractivity contribution is 6.04. The smallest absolute Gasteiger partial charge is 0.291 e. The minimum absolute atomic E-state index is 0.191. The summed E-state index contributed by atoms with van der Waals surface area (Å²) in [6, 6.07) is 6.21. The van der Waals surface area contributed by atoms with E-state index in [2.05, 4.69) is 34.3 Å². The van der Waals surface area contributed by atoms with Gasteiger partial charge >= 0.3 is 0 Å². The van der Waals surface area contributed by atoms with Crippen LogP contribution in [0, 0.1) is 6.92 Å². The lowest BCUT2D eigenvalue weighted by atomic mass is 10.1. The normalized spacial score (nSPS) is 17.8. The van der Waals surface area contributed by atoms with E-state index in [-0.39, 0.29) is 5.91 Å². The first-order valence-electron chi connectivity index (χ1n) is 9.14. The summed E-state index contributed by atoms with van der Waals surface area (Å²) in [4.78, 5) is 17.4. The molecule has 2 aromatic rings. The number of benzene rings is 1. The van der Waals surface area contributed by atoms with Gasteiger partial charge in [-0.1, -0.05) is 0 Å². The number of furan rings is 1. The number of piperazine rings is 1. The third-order valence-corrected chi connectivity index (χ3v) is 5.27. The average Bonchev–Trinajstić information content (AvgIpc) is 3.08. The van der Waals surface area contributed by atoms with Crippen LogP contribution in [0.1, 0.15) is 27.2 Å². The fourth-order valence-electron chi connectivity index (χ4n) is 3.59. The van der Waals surface area contributed by atoms with Crippen molar-refractivity contribution in [1.29, 1.82) is 0 Å². The summed E-state index contributed by atoms with van der Waals surface area (Å²) in [5.41, 5.74) is 5.04. The molecule has 1 N–H and O–H groups in total. The molecule has 1 saturated heterocycles. The van der Waals surface area contributed by atoms with Crippen molar-refractivity contribution in [2.75, 3.05) is 50.1 Å². The number of carbonyl (C=O) groups is 1. The number of aryl methyl sites for hydroxylation is 1. The van der Waals surface area contributed by atoms with Crippen molar-refractivity contribution >= 4 is 17.3 Å². The van der Waals surface area contributed by atoms with E-state index >= 15 is 0 Å². The molecule has 0 aliphatic carbocycles. The monoisotopic (exact) mass is 355 g/mol. The number of nitrogens with zero attached hydrogens (tertiary/aromatic N) is 2. The Morgan fingerprint density at radius 3 is 2.77 bits per heavy atom. The number of rotatable bonds is 3. The maximum Gasteiger partial charge on any atom is 0.291 e. The Balaban J connectivity index is 1.48. The molecule has 3 heterocycles. The van der Waals surface area contributed by atoms with E-state index in [1.807, 2.05) is 13.0 Å². The Bertz CT molecular complexity index is 807. The quantitative estimate of drug-likeness (QED) is 0.917. The number of nitrogens with one attached hydrogen (secondary N) is 1. The van der Waals surface area contributed by atoms with E-state index in [1.54, 1.807) is 6.26 Å². The van der Waals surface area contributed by atoms with Gasteiger partial charge in [0.05, 0.1) is 19.5 Å².